The SMILES string of the molecule is Cc1ccc(-c2ccccc2)cc1C(=O)NCCc1nc(-c2ccccc2)oc1C. The summed E-state index contributed by atoms with van der Waals surface area (Å²) in [6, 6.07) is 25.9. The molecule has 0 bridgehead atoms. The van der Waals surface area contributed by atoms with Crippen molar-refractivity contribution >= 4 is 5.91 Å². The van der Waals surface area contributed by atoms with Gasteiger partial charge in [-0.1, -0.05) is 60.7 Å². The first kappa shape index (κ1) is 19.6. The first-order chi connectivity index (χ1) is 14.6. The lowest BCUT2D eigenvalue weighted by Crippen LogP contribution is -2.26. The zero-order valence-corrected chi connectivity index (χ0v) is 17.2. The van der Waals surface area contributed by atoms with Crippen LogP contribution in [0.3, 0.4) is 0 Å². The first-order valence-corrected chi connectivity index (χ1v) is 10.1. The Kier molecular flexibility index (Phi) is 5.75. The normalized spacial score (nSPS) is 10.7. The number of carbonyl (C=O) groups is 1. The van der Waals surface area contributed by atoms with Crippen LogP contribution in [0.15, 0.2) is 83.3 Å². The molecule has 3 aromatic carbocycles. The van der Waals surface area contributed by atoms with Crippen molar-refractivity contribution in [1.29, 1.82) is 0 Å². The number of hydrogen-bond acceptors (Lipinski definition) is 3. The molecule has 1 N–H and O–H groups in total. The van der Waals surface area contributed by atoms with Gasteiger partial charge in [0.15, 0.2) is 0 Å². The Labute approximate surface area is 176 Å². The quantitative estimate of drug-likeness (QED) is 0.462. The number of hydrogen-bond donors (Lipinski definition) is 1. The molecule has 0 saturated carbocycles. The van der Waals surface area contributed by atoms with Crippen LogP contribution in [0.25, 0.3) is 22.6 Å². The van der Waals surface area contributed by atoms with E-state index in [4.69, 9.17) is 4.42 Å². The Hall–Kier alpha value is -3.66. The highest BCUT2D eigenvalue weighted by Crippen LogP contribution is 2.23. The minimum atomic E-state index is -0.0743. The predicted octanol–water partition coefficient (Wildman–Crippen LogP) is 5.60. The predicted molar refractivity (Wildman–Crippen MR) is 119 cm³/mol. The number of amides is 1. The summed E-state index contributed by atoms with van der Waals surface area (Å²) in [5.74, 6) is 1.32. The van der Waals surface area contributed by atoms with Crippen molar-refractivity contribution in [3.05, 3.63) is 101 Å². The molecule has 4 nitrogen and oxygen atoms in total. The van der Waals surface area contributed by atoms with E-state index in [2.05, 4.69) is 10.3 Å². The highest BCUT2D eigenvalue weighted by molar-refractivity contribution is 5.96. The molecule has 4 rings (SSSR count). The van der Waals surface area contributed by atoms with E-state index in [0.29, 0.717) is 24.4 Å². The molecule has 0 unspecified atom stereocenters. The van der Waals surface area contributed by atoms with Crippen LogP contribution in [0.1, 0.15) is 27.4 Å². The van der Waals surface area contributed by atoms with Crippen LogP contribution >= 0.6 is 0 Å². The van der Waals surface area contributed by atoms with Crippen molar-refractivity contribution in [1.82, 2.24) is 10.3 Å². The van der Waals surface area contributed by atoms with Crippen LogP contribution in [0.4, 0.5) is 0 Å². The number of aryl methyl sites for hydroxylation is 2. The fourth-order valence-corrected chi connectivity index (χ4v) is 3.43. The van der Waals surface area contributed by atoms with Gasteiger partial charge in [0.2, 0.25) is 5.89 Å². The first-order valence-electron chi connectivity index (χ1n) is 10.1. The maximum atomic E-state index is 12.8. The molecule has 1 aromatic heterocycles. The molecule has 1 heterocycles. The van der Waals surface area contributed by atoms with Gasteiger partial charge in [0.1, 0.15) is 5.76 Å². The minimum absolute atomic E-state index is 0.0743. The highest BCUT2D eigenvalue weighted by Gasteiger charge is 2.13. The second-order valence-electron chi connectivity index (χ2n) is 7.29. The van der Waals surface area contributed by atoms with E-state index < -0.39 is 0 Å². The van der Waals surface area contributed by atoms with Gasteiger partial charge in [-0.2, -0.15) is 0 Å². The molecule has 4 heteroatoms. The topological polar surface area (TPSA) is 55.1 Å². The van der Waals surface area contributed by atoms with Crippen molar-refractivity contribution in [2.24, 2.45) is 0 Å². The molecule has 150 valence electrons. The molecular formula is C26H24N2O2. The Morgan fingerprint density at radius 3 is 2.23 bits per heavy atom. The third kappa shape index (κ3) is 4.33. The molecule has 0 aliphatic carbocycles. The molecule has 4 aromatic rings. The molecule has 0 aliphatic rings. The fourth-order valence-electron chi connectivity index (χ4n) is 3.43. The summed E-state index contributed by atoms with van der Waals surface area (Å²) in [6.45, 7) is 4.36. The minimum Gasteiger partial charge on any atom is -0.441 e. The van der Waals surface area contributed by atoms with Gasteiger partial charge < -0.3 is 9.73 Å². The number of nitrogens with zero attached hydrogens (tertiary/aromatic N) is 1. The summed E-state index contributed by atoms with van der Waals surface area (Å²) in [5.41, 5.74) is 5.59. The molecule has 0 aliphatic heterocycles. The molecular weight excluding hydrogens is 372 g/mol. The van der Waals surface area contributed by atoms with Crippen LogP contribution in [-0.2, 0) is 6.42 Å². The monoisotopic (exact) mass is 396 g/mol. The highest BCUT2D eigenvalue weighted by atomic mass is 16.4. The van der Waals surface area contributed by atoms with Gasteiger partial charge in [-0.15, -0.1) is 0 Å². The summed E-state index contributed by atoms with van der Waals surface area (Å²) in [6.07, 6.45) is 0.616. The van der Waals surface area contributed by atoms with E-state index in [9.17, 15) is 4.79 Å². The van der Waals surface area contributed by atoms with E-state index in [1.54, 1.807) is 0 Å². The average molecular weight is 396 g/mol. The number of benzene rings is 3. The van der Waals surface area contributed by atoms with Crippen LogP contribution in [-0.4, -0.2) is 17.4 Å². The van der Waals surface area contributed by atoms with Crippen LogP contribution in [0, 0.1) is 13.8 Å². The lowest BCUT2D eigenvalue weighted by molar-refractivity contribution is 0.0953. The van der Waals surface area contributed by atoms with E-state index in [1.165, 1.54) is 0 Å². The van der Waals surface area contributed by atoms with E-state index >= 15 is 0 Å². The summed E-state index contributed by atoms with van der Waals surface area (Å²) in [5, 5.41) is 3.02. The molecule has 0 atom stereocenters. The van der Waals surface area contributed by atoms with Crippen molar-refractivity contribution in [3.8, 4) is 22.6 Å². The third-order valence-electron chi connectivity index (χ3n) is 5.15. The Morgan fingerprint density at radius 2 is 1.53 bits per heavy atom. The average Bonchev–Trinajstić information content (AvgIpc) is 3.16. The van der Waals surface area contributed by atoms with Crippen molar-refractivity contribution in [3.63, 3.8) is 0 Å². The van der Waals surface area contributed by atoms with Gasteiger partial charge in [0.25, 0.3) is 5.91 Å². The Morgan fingerprint density at radius 1 is 0.867 bits per heavy atom. The fraction of sp³-hybridized carbons (Fsp3) is 0.154. The van der Waals surface area contributed by atoms with Crippen LogP contribution < -0.4 is 5.32 Å². The molecule has 0 spiro atoms. The zero-order chi connectivity index (χ0) is 20.9. The smallest absolute Gasteiger partial charge is 0.251 e. The van der Waals surface area contributed by atoms with E-state index in [-0.39, 0.29) is 5.91 Å². The molecule has 1 amide bonds. The maximum Gasteiger partial charge on any atom is 0.251 e. The molecule has 0 fully saturated rings. The molecule has 0 saturated heterocycles. The van der Waals surface area contributed by atoms with Crippen molar-refractivity contribution in [2.75, 3.05) is 6.54 Å². The van der Waals surface area contributed by atoms with Gasteiger partial charge in [0, 0.05) is 24.1 Å². The van der Waals surface area contributed by atoms with Crippen LogP contribution in [0.5, 0.6) is 0 Å². The van der Waals surface area contributed by atoms with E-state index in [1.807, 2.05) is 92.7 Å². The number of aromatic nitrogens is 1. The number of nitrogens with one attached hydrogen (secondary N) is 1. The molecule has 0 radical (unpaired) electrons. The standard InChI is InChI=1S/C26H24N2O2/c1-18-13-14-22(20-9-5-3-6-10-20)17-23(18)25(29)27-16-15-24-19(2)30-26(28-24)21-11-7-4-8-12-21/h3-14,17H,15-16H2,1-2H3,(H,27,29). The van der Waals surface area contributed by atoms with Gasteiger partial charge in [-0.3, -0.25) is 4.79 Å². The molecule has 30 heavy (non-hydrogen) atoms. The zero-order valence-electron chi connectivity index (χ0n) is 17.2. The van der Waals surface area contributed by atoms with Gasteiger partial charge >= 0.3 is 0 Å². The number of carbonyl (C=O) groups excluding carboxylic acids is 1. The lowest BCUT2D eigenvalue weighted by Gasteiger charge is -2.10. The number of rotatable bonds is 6. The Balaban J connectivity index is 1.43. The van der Waals surface area contributed by atoms with Gasteiger partial charge in [-0.25, -0.2) is 4.98 Å². The third-order valence-corrected chi connectivity index (χ3v) is 5.15. The summed E-state index contributed by atoms with van der Waals surface area (Å²) >= 11 is 0. The number of oxazole rings is 1. The second-order valence-corrected chi connectivity index (χ2v) is 7.29. The summed E-state index contributed by atoms with van der Waals surface area (Å²) < 4.78 is 5.80. The second kappa shape index (κ2) is 8.78. The lowest BCUT2D eigenvalue weighted by atomic mass is 9.99. The maximum absolute atomic E-state index is 12.8. The van der Waals surface area contributed by atoms with E-state index in [0.717, 1.165) is 33.7 Å². The van der Waals surface area contributed by atoms with Gasteiger partial charge in [0.05, 0.1) is 5.69 Å². The van der Waals surface area contributed by atoms with Crippen molar-refractivity contribution < 1.29 is 9.21 Å². The van der Waals surface area contributed by atoms with Crippen molar-refractivity contribution in [2.45, 2.75) is 20.3 Å². The Bertz CT molecular complexity index is 1150. The van der Waals surface area contributed by atoms with Gasteiger partial charge in [-0.05, 0) is 48.7 Å². The largest absolute Gasteiger partial charge is 0.441 e. The summed E-state index contributed by atoms with van der Waals surface area (Å²) in [4.78, 5) is 17.4. The summed E-state index contributed by atoms with van der Waals surface area (Å²) in [7, 11) is 0. The van der Waals surface area contributed by atoms with Crippen LogP contribution in [0.2, 0.25) is 0 Å².